The molecule has 27 heavy (non-hydrogen) atoms. The fraction of sp³-hybridized carbons (Fsp3) is 0.238. The zero-order valence-corrected chi connectivity index (χ0v) is 16.8. The van der Waals surface area contributed by atoms with Crippen LogP contribution >= 0.6 is 11.5 Å². The molecule has 3 rings (SSSR count). The van der Waals surface area contributed by atoms with Crippen LogP contribution in [0.4, 0.5) is 0 Å². The maximum atomic E-state index is 12.1. The lowest BCUT2D eigenvalue weighted by molar-refractivity contribution is 0.0597. The Morgan fingerprint density at radius 3 is 2.37 bits per heavy atom. The molecule has 0 N–H and O–H groups in total. The Kier molecular flexibility index (Phi) is 5.46. The molecule has 0 aliphatic heterocycles. The van der Waals surface area contributed by atoms with Crippen LogP contribution < -0.4 is 9.47 Å². The first-order chi connectivity index (χ1) is 13.0. The predicted molar refractivity (Wildman–Crippen MR) is 107 cm³/mol. The van der Waals surface area contributed by atoms with Crippen LogP contribution in [0.1, 0.15) is 21.5 Å². The third-order valence-corrected chi connectivity index (χ3v) is 5.44. The van der Waals surface area contributed by atoms with Crippen molar-refractivity contribution >= 4 is 17.5 Å². The molecule has 5 nitrogen and oxygen atoms in total. The van der Waals surface area contributed by atoms with Crippen LogP contribution in [0, 0.1) is 13.8 Å². The SMILES string of the molecule is COC(=O)c1cc(-c2cnsc2-c2cc(C)c(C)c(OC)c2)ccc1OC. The molecule has 0 saturated heterocycles. The molecule has 6 heteroatoms. The number of hydrogen-bond donors (Lipinski definition) is 0. The molecule has 0 atom stereocenters. The summed E-state index contributed by atoms with van der Waals surface area (Å²) < 4.78 is 20.0. The largest absolute Gasteiger partial charge is 0.496 e. The van der Waals surface area contributed by atoms with Crippen molar-refractivity contribution in [2.75, 3.05) is 21.3 Å². The van der Waals surface area contributed by atoms with E-state index in [4.69, 9.17) is 14.2 Å². The van der Waals surface area contributed by atoms with Gasteiger partial charge in [0.15, 0.2) is 0 Å². The van der Waals surface area contributed by atoms with Crippen LogP contribution in [0.15, 0.2) is 36.5 Å². The normalized spacial score (nSPS) is 10.6. The molecular weight excluding hydrogens is 362 g/mol. The molecule has 1 aromatic heterocycles. The van der Waals surface area contributed by atoms with Gasteiger partial charge >= 0.3 is 5.97 Å². The molecule has 0 radical (unpaired) electrons. The van der Waals surface area contributed by atoms with E-state index in [2.05, 4.69) is 17.4 Å². The lowest BCUT2D eigenvalue weighted by atomic mass is 9.98. The summed E-state index contributed by atoms with van der Waals surface area (Å²) in [5.74, 6) is 0.879. The van der Waals surface area contributed by atoms with E-state index in [-0.39, 0.29) is 0 Å². The minimum Gasteiger partial charge on any atom is -0.496 e. The van der Waals surface area contributed by atoms with Crippen molar-refractivity contribution in [2.24, 2.45) is 0 Å². The minimum absolute atomic E-state index is 0.382. The molecule has 0 fully saturated rings. The van der Waals surface area contributed by atoms with Gasteiger partial charge in [0.05, 0.1) is 26.2 Å². The number of carbonyl (C=O) groups is 1. The van der Waals surface area contributed by atoms with Gasteiger partial charge in [0.1, 0.15) is 17.1 Å². The van der Waals surface area contributed by atoms with Crippen LogP contribution in [0.25, 0.3) is 21.6 Å². The second-order valence-electron chi connectivity index (χ2n) is 6.10. The summed E-state index contributed by atoms with van der Waals surface area (Å²) in [6.07, 6.45) is 1.81. The van der Waals surface area contributed by atoms with Crippen LogP contribution in [0.2, 0.25) is 0 Å². The Labute approximate surface area is 162 Å². The van der Waals surface area contributed by atoms with Gasteiger partial charge < -0.3 is 14.2 Å². The zero-order valence-electron chi connectivity index (χ0n) is 16.0. The number of aromatic nitrogens is 1. The van der Waals surface area contributed by atoms with Crippen molar-refractivity contribution in [3.63, 3.8) is 0 Å². The number of rotatable bonds is 5. The molecular formula is C21H21NO4S. The fourth-order valence-corrected chi connectivity index (χ4v) is 3.72. The van der Waals surface area contributed by atoms with Crippen molar-refractivity contribution < 1.29 is 19.0 Å². The molecule has 0 aliphatic carbocycles. The highest BCUT2D eigenvalue weighted by Crippen LogP contribution is 2.39. The molecule has 140 valence electrons. The van der Waals surface area contributed by atoms with Crippen LogP contribution in [0.5, 0.6) is 11.5 Å². The lowest BCUT2D eigenvalue weighted by Gasteiger charge is -2.12. The second kappa shape index (κ2) is 7.80. The summed E-state index contributed by atoms with van der Waals surface area (Å²) in [6, 6.07) is 9.60. The number of nitrogens with zero attached hydrogens (tertiary/aromatic N) is 1. The van der Waals surface area contributed by atoms with Gasteiger partial charge in [0.25, 0.3) is 0 Å². The highest BCUT2D eigenvalue weighted by molar-refractivity contribution is 7.10. The van der Waals surface area contributed by atoms with E-state index in [0.29, 0.717) is 11.3 Å². The van der Waals surface area contributed by atoms with E-state index in [1.54, 1.807) is 19.2 Å². The smallest absolute Gasteiger partial charge is 0.341 e. The second-order valence-corrected chi connectivity index (χ2v) is 6.90. The Morgan fingerprint density at radius 1 is 0.963 bits per heavy atom. The number of carbonyl (C=O) groups excluding carboxylic acids is 1. The standard InChI is InChI=1S/C21H21NO4S/c1-12-8-15(10-19(25-4)13(12)2)20-17(11-22-27-20)14-6-7-18(24-3)16(9-14)21(23)26-5/h6-11H,1-5H3. The van der Waals surface area contributed by atoms with Gasteiger partial charge in [-0.15, -0.1) is 0 Å². The van der Waals surface area contributed by atoms with Gasteiger partial charge in [-0.05, 0) is 65.8 Å². The Bertz CT molecular complexity index is 994. The van der Waals surface area contributed by atoms with Gasteiger partial charge in [0, 0.05) is 11.8 Å². The zero-order chi connectivity index (χ0) is 19.6. The van der Waals surface area contributed by atoms with Crippen molar-refractivity contribution in [3.05, 3.63) is 53.2 Å². The van der Waals surface area contributed by atoms with Crippen molar-refractivity contribution in [2.45, 2.75) is 13.8 Å². The van der Waals surface area contributed by atoms with Crippen molar-refractivity contribution in [1.82, 2.24) is 4.37 Å². The molecule has 0 spiro atoms. The highest BCUT2D eigenvalue weighted by Gasteiger charge is 2.18. The Morgan fingerprint density at radius 2 is 1.70 bits per heavy atom. The van der Waals surface area contributed by atoms with Gasteiger partial charge in [-0.1, -0.05) is 12.1 Å². The van der Waals surface area contributed by atoms with Gasteiger partial charge in [0.2, 0.25) is 0 Å². The van der Waals surface area contributed by atoms with Crippen molar-refractivity contribution in [1.29, 1.82) is 0 Å². The maximum Gasteiger partial charge on any atom is 0.341 e. The first-order valence-corrected chi connectivity index (χ1v) is 9.14. The molecule has 3 aromatic rings. The third kappa shape index (κ3) is 3.53. The average Bonchev–Trinajstić information content (AvgIpc) is 3.18. The van der Waals surface area contributed by atoms with E-state index >= 15 is 0 Å². The highest BCUT2D eigenvalue weighted by atomic mass is 32.1. The number of hydrogen-bond acceptors (Lipinski definition) is 6. The summed E-state index contributed by atoms with van der Waals surface area (Å²) in [5, 5.41) is 0. The summed E-state index contributed by atoms with van der Waals surface area (Å²) in [4.78, 5) is 13.1. The fourth-order valence-electron chi connectivity index (χ4n) is 2.97. The quantitative estimate of drug-likeness (QED) is 0.587. The Hall–Kier alpha value is -2.86. The summed E-state index contributed by atoms with van der Waals surface area (Å²) in [6.45, 7) is 4.10. The summed E-state index contributed by atoms with van der Waals surface area (Å²) >= 11 is 1.41. The topological polar surface area (TPSA) is 57.7 Å². The van der Waals surface area contributed by atoms with Gasteiger partial charge in [-0.25, -0.2) is 4.79 Å². The van der Waals surface area contributed by atoms with Crippen molar-refractivity contribution in [3.8, 4) is 33.1 Å². The van der Waals surface area contributed by atoms with Crippen LogP contribution in [-0.2, 0) is 4.74 Å². The monoisotopic (exact) mass is 383 g/mol. The maximum absolute atomic E-state index is 12.1. The molecule has 0 saturated carbocycles. The molecule has 2 aromatic carbocycles. The molecule has 0 bridgehead atoms. The first kappa shape index (κ1) is 18.9. The lowest BCUT2D eigenvalue weighted by Crippen LogP contribution is -2.04. The van der Waals surface area contributed by atoms with Gasteiger partial charge in [-0.3, -0.25) is 0 Å². The number of aryl methyl sites for hydroxylation is 1. The van der Waals surface area contributed by atoms with E-state index < -0.39 is 5.97 Å². The summed E-state index contributed by atoms with van der Waals surface area (Å²) in [5.41, 5.74) is 5.49. The summed E-state index contributed by atoms with van der Waals surface area (Å²) in [7, 11) is 4.55. The number of esters is 1. The number of ether oxygens (including phenoxy) is 3. The Balaban J connectivity index is 2.14. The molecule has 0 amide bonds. The van der Waals surface area contributed by atoms with E-state index in [9.17, 15) is 4.79 Å². The van der Waals surface area contributed by atoms with E-state index in [0.717, 1.165) is 38.4 Å². The molecule has 1 heterocycles. The first-order valence-electron chi connectivity index (χ1n) is 8.37. The van der Waals surface area contributed by atoms with Crippen LogP contribution in [-0.4, -0.2) is 31.7 Å². The molecule has 0 aliphatic rings. The van der Waals surface area contributed by atoms with E-state index in [1.165, 1.54) is 25.8 Å². The third-order valence-electron chi connectivity index (χ3n) is 4.59. The van der Waals surface area contributed by atoms with Crippen LogP contribution in [0.3, 0.4) is 0 Å². The predicted octanol–water partition coefficient (Wildman–Crippen LogP) is 4.90. The average molecular weight is 383 g/mol. The number of benzene rings is 2. The van der Waals surface area contributed by atoms with Gasteiger partial charge in [-0.2, -0.15) is 4.37 Å². The number of methoxy groups -OCH3 is 3. The minimum atomic E-state index is -0.439. The van der Waals surface area contributed by atoms with E-state index in [1.807, 2.05) is 25.3 Å². The molecule has 0 unspecified atom stereocenters.